The van der Waals surface area contributed by atoms with Crippen molar-refractivity contribution < 1.29 is 61.3 Å². The van der Waals surface area contributed by atoms with Gasteiger partial charge in [0.05, 0.1) is 19.3 Å². The van der Waals surface area contributed by atoms with Crippen molar-refractivity contribution in [3.63, 3.8) is 0 Å². The van der Waals surface area contributed by atoms with Crippen LogP contribution >= 0.6 is 24.4 Å². The lowest BCUT2D eigenvalue weighted by molar-refractivity contribution is -0.342. The molecule has 236 valence electrons. The molecular formula is C23H42NO13S3-. The van der Waals surface area contributed by atoms with Crippen molar-refractivity contribution in [3.05, 3.63) is 0 Å². The minimum Gasteiger partial charge on any atom is -0.726 e. The minimum absolute atomic E-state index is 0.258. The van der Waals surface area contributed by atoms with Gasteiger partial charge in [-0.15, -0.1) is 0 Å². The molecule has 14 nitrogen and oxygen atoms in total. The number of nitrogens with one attached hydrogen (secondary N) is 1. The summed E-state index contributed by atoms with van der Waals surface area (Å²) >= 11 is 6.00. The van der Waals surface area contributed by atoms with Crippen molar-refractivity contribution in [2.45, 2.75) is 107 Å². The van der Waals surface area contributed by atoms with Gasteiger partial charge in [0.2, 0.25) is 16.3 Å². The van der Waals surface area contributed by atoms with Gasteiger partial charge in [0.1, 0.15) is 42.7 Å². The van der Waals surface area contributed by atoms with E-state index in [-0.39, 0.29) is 6.61 Å². The number of thiol groups is 1. The SMILES string of the molecule is CC(=O)N[C@H]1[C@H](O[C@H]2[C@H](O)[C@@H](OCCCSCCCCCCS)O[C@@H](C)[C@H]2O)O[C@H](CO)[C@@H](O)[C@@H]1OS(=O)(=O)[O-]. The molecule has 2 saturated heterocycles. The van der Waals surface area contributed by atoms with Crippen LogP contribution in [0.4, 0.5) is 0 Å². The molecule has 0 radical (unpaired) electrons. The molecule has 2 aliphatic heterocycles. The van der Waals surface area contributed by atoms with Crippen LogP contribution in [0.1, 0.15) is 46.0 Å². The van der Waals surface area contributed by atoms with E-state index >= 15 is 0 Å². The zero-order valence-electron chi connectivity index (χ0n) is 22.6. The van der Waals surface area contributed by atoms with Crippen LogP contribution in [0.25, 0.3) is 0 Å². The predicted molar refractivity (Wildman–Crippen MR) is 145 cm³/mol. The van der Waals surface area contributed by atoms with Crippen molar-refractivity contribution >= 4 is 40.7 Å². The highest BCUT2D eigenvalue weighted by Gasteiger charge is 2.52. The summed E-state index contributed by atoms with van der Waals surface area (Å²) < 4.78 is 61.1. The molecule has 0 aromatic heterocycles. The second-order valence-corrected chi connectivity index (χ2v) is 12.4. The standard InChI is InChI=1S/C23H43NO13S3/c1-13-17(27)21(19(29)23(34-13)33-8-7-11-39-10-6-4-3-5-9-38)36-22-16(24-14(2)26)20(37-40(30,31)32)18(28)15(12-25)35-22/h13,15-23,25,27-29,38H,3-12H2,1-2H3,(H,24,26)(H,30,31,32)/p-1/t13-,15+,16+,17+,18+,19-,20+,21+,22-,23-/m0/s1. The van der Waals surface area contributed by atoms with Crippen LogP contribution < -0.4 is 5.32 Å². The number of aliphatic hydroxyl groups excluding tert-OH is 4. The van der Waals surface area contributed by atoms with E-state index in [0.29, 0.717) is 6.42 Å². The average Bonchev–Trinajstić information content (AvgIpc) is 2.88. The van der Waals surface area contributed by atoms with Gasteiger partial charge in [0, 0.05) is 6.92 Å². The zero-order chi connectivity index (χ0) is 29.9. The molecule has 2 heterocycles. The van der Waals surface area contributed by atoms with E-state index in [1.54, 1.807) is 11.8 Å². The Morgan fingerprint density at radius 1 is 1.00 bits per heavy atom. The van der Waals surface area contributed by atoms with Gasteiger partial charge < -0.3 is 49.2 Å². The molecule has 1 amide bonds. The summed E-state index contributed by atoms with van der Waals surface area (Å²) in [5.41, 5.74) is 0. The van der Waals surface area contributed by atoms with Crippen LogP contribution in [-0.4, -0.2) is 131 Å². The molecule has 0 aromatic carbocycles. The molecule has 2 fully saturated rings. The second kappa shape index (κ2) is 17.7. The lowest BCUT2D eigenvalue weighted by atomic mass is 9.95. The van der Waals surface area contributed by atoms with E-state index in [2.05, 4.69) is 22.1 Å². The van der Waals surface area contributed by atoms with Gasteiger partial charge in [-0.2, -0.15) is 24.4 Å². The molecule has 0 aliphatic carbocycles. The Kier molecular flexibility index (Phi) is 15.9. The van der Waals surface area contributed by atoms with Gasteiger partial charge >= 0.3 is 0 Å². The Balaban J connectivity index is 2.03. The Labute approximate surface area is 244 Å². The quantitative estimate of drug-likeness (QED) is 0.0484. The number of aliphatic hydroxyl groups is 4. The normalized spacial score (nSPS) is 35.0. The number of carbonyl (C=O) groups is 1. The summed E-state index contributed by atoms with van der Waals surface area (Å²) in [7, 11) is -5.37. The zero-order valence-corrected chi connectivity index (χ0v) is 25.1. The first-order chi connectivity index (χ1) is 18.9. The Bertz CT molecular complexity index is 854. The maximum Gasteiger partial charge on any atom is 0.218 e. The maximum absolute atomic E-state index is 11.8. The summed E-state index contributed by atoms with van der Waals surface area (Å²) in [6.45, 7) is 2.03. The highest BCUT2D eigenvalue weighted by molar-refractivity contribution is 7.99. The number of hydrogen-bond acceptors (Lipinski definition) is 15. The second-order valence-electron chi connectivity index (χ2n) is 9.68. The highest BCUT2D eigenvalue weighted by atomic mass is 32.3. The number of thioether (sulfide) groups is 1. The van der Waals surface area contributed by atoms with Gasteiger partial charge in [-0.1, -0.05) is 12.8 Å². The van der Waals surface area contributed by atoms with Crippen LogP contribution in [-0.2, 0) is 38.3 Å². The van der Waals surface area contributed by atoms with Crippen molar-refractivity contribution in [2.24, 2.45) is 0 Å². The molecule has 0 unspecified atom stereocenters. The third-order valence-corrected chi connectivity index (χ3v) is 8.37. The van der Waals surface area contributed by atoms with Crippen molar-refractivity contribution in [2.75, 3.05) is 30.5 Å². The van der Waals surface area contributed by atoms with Crippen molar-refractivity contribution in [1.82, 2.24) is 5.32 Å². The van der Waals surface area contributed by atoms with E-state index in [1.807, 2.05) is 0 Å². The molecule has 40 heavy (non-hydrogen) atoms. The fourth-order valence-corrected chi connectivity index (χ4v) is 6.07. The van der Waals surface area contributed by atoms with Crippen molar-refractivity contribution in [1.29, 1.82) is 0 Å². The summed E-state index contributed by atoms with van der Waals surface area (Å²) in [6, 6.07) is -1.58. The smallest absolute Gasteiger partial charge is 0.218 e. The number of unbranched alkanes of at least 4 members (excludes halogenated alkanes) is 3. The third-order valence-electron chi connectivity index (χ3n) is 6.44. The Morgan fingerprint density at radius 2 is 1.68 bits per heavy atom. The third kappa shape index (κ3) is 11.4. The number of amides is 1. The van der Waals surface area contributed by atoms with Crippen LogP contribution in [0.5, 0.6) is 0 Å². The molecular weight excluding hydrogens is 594 g/mol. The summed E-state index contributed by atoms with van der Waals surface area (Å²) in [6.07, 6.45) is -8.10. The molecule has 10 atom stereocenters. The van der Waals surface area contributed by atoms with Crippen LogP contribution in [0.15, 0.2) is 0 Å². The first-order valence-corrected chi connectivity index (χ1v) is 16.3. The van der Waals surface area contributed by atoms with E-state index in [0.717, 1.165) is 37.0 Å². The summed E-state index contributed by atoms with van der Waals surface area (Å²) in [5.74, 6) is 2.06. The first-order valence-electron chi connectivity index (χ1n) is 13.2. The molecule has 17 heteroatoms. The van der Waals surface area contributed by atoms with Gasteiger partial charge in [0.15, 0.2) is 12.6 Å². The molecule has 0 aromatic rings. The monoisotopic (exact) mass is 636 g/mol. The molecule has 0 bridgehead atoms. The highest BCUT2D eigenvalue weighted by Crippen LogP contribution is 2.31. The number of rotatable bonds is 17. The summed E-state index contributed by atoms with van der Waals surface area (Å²) in [4.78, 5) is 11.8. The number of hydrogen-bond donors (Lipinski definition) is 6. The summed E-state index contributed by atoms with van der Waals surface area (Å²) in [5, 5.41) is 44.0. The van der Waals surface area contributed by atoms with E-state index in [1.165, 1.54) is 19.8 Å². The van der Waals surface area contributed by atoms with E-state index in [9.17, 15) is 38.2 Å². The Morgan fingerprint density at radius 3 is 2.30 bits per heavy atom. The molecule has 2 rings (SSSR count). The minimum atomic E-state index is -5.37. The maximum atomic E-state index is 11.8. The molecule has 5 N–H and O–H groups in total. The topological polar surface area (TPSA) is 213 Å². The van der Waals surface area contributed by atoms with Gasteiger partial charge in [-0.05, 0) is 43.4 Å². The lowest BCUT2D eigenvalue weighted by Crippen LogP contribution is -2.68. The lowest BCUT2D eigenvalue weighted by Gasteiger charge is -2.47. The number of carbonyl (C=O) groups excluding carboxylic acids is 1. The van der Waals surface area contributed by atoms with Crippen molar-refractivity contribution in [3.8, 4) is 0 Å². The van der Waals surface area contributed by atoms with Gasteiger partial charge in [0.25, 0.3) is 0 Å². The van der Waals surface area contributed by atoms with Crippen LogP contribution in [0.2, 0.25) is 0 Å². The van der Waals surface area contributed by atoms with Gasteiger partial charge in [-0.3, -0.25) is 8.98 Å². The average molecular weight is 637 g/mol. The Hall–Kier alpha value is -0.280. The van der Waals surface area contributed by atoms with E-state index < -0.39 is 84.3 Å². The molecule has 0 spiro atoms. The largest absolute Gasteiger partial charge is 0.726 e. The fourth-order valence-electron chi connectivity index (χ4n) is 4.40. The molecule has 2 aliphatic rings. The predicted octanol–water partition coefficient (Wildman–Crippen LogP) is -1.10. The fraction of sp³-hybridized carbons (Fsp3) is 0.957. The van der Waals surface area contributed by atoms with Crippen LogP contribution in [0, 0.1) is 0 Å². The molecule has 0 saturated carbocycles. The van der Waals surface area contributed by atoms with Crippen LogP contribution in [0.3, 0.4) is 0 Å². The number of ether oxygens (including phenoxy) is 4. The van der Waals surface area contributed by atoms with Gasteiger partial charge in [-0.25, -0.2) is 8.42 Å². The first kappa shape index (κ1) is 35.9. The van der Waals surface area contributed by atoms with E-state index in [4.69, 9.17) is 18.9 Å².